The molecule has 4 heterocycles. The number of Topliss-reactive ketones (excluding diaryl/α,β-unsaturated/α-hetero) is 1. The maximum atomic E-state index is 15.1. The number of nitrogens with zero attached hydrogens (tertiary/aromatic N) is 2. The molecule has 2 aliphatic carbocycles. The molecule has 328 valence electrons. The van der Waals surface area contributed by atoms with Gasteiger partial charge in [0.05, 0.1) is 35.1 Å². The van der Waals surface area contributed by atoms with Crippen molar-refractivity contribution >= 4 is 44.4 Å². The van der Waals surface area contributed by atoms with Gasteiger partial charge in [-0.05, 0) is 95.2 Å². The van der Waals surface area contributed by atoms with Gasteiger partial charge in [-0.15, -0.1) is 0 Å². The fourth-order valence-corrected chi connectivity index (χ4v) is 10.3. The fraction of sp³-hybridized carbons (Fsp3) is 0.659. The van der Waals surface area contributed by atoms with Gasteiger partial charge in [0.2, 0.25) is 27.7 Å². The highest BCUT2D eigenvalue weighted by Gasteiger charge is 2.63. The Bertz CT molecular complexity index is 2170. The fourth-order valence-electron chi connectivity index (χ4n) is 8.93. The standard InChI is InChI=1S/C44H57F2N3O10S/c1-7-27-20-26(2)10-8-9-11-28-23-44(28,40(53)48-60(54,55)42(5)15-16-42)24-34(50)33-21-29(25-49(33)39(52)32(27)22-36(51)59-41(3,4)43(6,45)46)58-38-31-12-13-35-37(57-19-18-56-35)30(31)14-17-47-38/h9,11-14,17,26-29,32-33H,7-8,10,15-16,18-25H2,1-6H3,(H,48,53)/b11-9-/t26-,27-,28-,29-,32+,33+,44-/m1/s1. The second-order valence-electron chi connectivity index (χ2n) is 18.5. The van der Waals surface area contributed by atoms with Gasteiger partial charge in [0.15, 0.2) is 22.9 Å². The van der Waals surface area contributed by atoms with Crippen LogP contribution in [0.15, 0.2) is 36.5 Å². The zero-order chi connectivity index (χ0) is 43.4. The first kappa shape index (κ1) is 43.7. The number of rotatable bonds is 10. The Morgan fingerprint density at radius 1 is 1.07 bits per heavy atom. The first-order chi connectivity index (χ1) is 28.2. The van der Waals surface area contributed by atoms with E-state index in [0.29, 0.717) is 80.9 Å². The van der Waals surface area contributed by atoms with Crippen LogP contribution < -0.4 is 18.9 Å². The molecule has 0 spiro atoms. The lowest BCUT2D eigenvalue weighted by Crippen LogP contribution is -2.49. The minimum atomic E-state index is -4.02. The normalized spacial score (nSPS) is 30.0. The van der Waals surface area contributed by atoms with Gasteiger partial charge >= 0.3 is 5.97 Å². The molecule has 0 bridgehead atoms. The van der Waals surface area contributed by atoms with Crippen LogP contribution in [0.3, 0.4) is 0 Å². The highest BCUT2D eigenvalue weighted by atomic mass is 32.2. The third kappa shape index (κ3) is 8.58. The number of carbonyl (C=O) groups is 4. The Labute approximate surface area is 350 Å². The van der Waals surface area contributed by atoms with E-state index in [1.165, 1.54) is 4.90 Å². The first-order valence-electron chi connectivity index (χ1n) is 21.2. The van der Waals surface area contributed by atoms with Crippen molar-refractivity contribution in [2.75, 3.05) is 19.8 Å². The molecule has 2 aromatic rings. The van der Waals surface area contributed by atoms with Crippen molar-refractivity contribution in [1.82, 2.24) is 14.6 Å². The average molecular weight is 858 g/mol. The number of esters is 1. The van der Waals surface area contributed by atoms with E-state index in [0.717, 1.165) is 13.8 Å². The van der Waals surface area contributed by atoms with E-state index in [-0.39, 0.29) is 43.5 Å². The summed E-state index contributed by atoms with van der Waals surface area (Å²) in [4.78, 5) is 63.4. The molecule has 1 N–H and O–H groups in total. The number of amides is 2. The van der Waals surface area contributed by atoms with Crippen LogP contribution in [0.1, 0.15) is 106 Å². The molecule has 13 nitrogen and oxygen atoms in total. The number of benzene rings is 1. The van der Waals surface area contributed by atoms with Crippen LogP contribution in [-0.2, 0) is 33.9 Å². The quantitative estimate of drug-likeness (QED) is 0.199. The number of allylic oxidation sites excluding steroid dienone is 2. The summed E-state index contributed by atoms with van der Waals surface area (Å²) in [5.74, 6) is -6.41. The van der Waals surface area contributed by atoms with Crippen LogP contribution in [0.25, 0.3) is 10.8 Å². The lowest BCUT2D eigenvalue weighted by molar-refractivity contribution is -0.197. The Morgan fingerprint density at radius 2 is 1.80 bits per heavy atom. The molecule has 16 heteroatoms. The van der Waals surface area contributed by atoms with Crippen LogP contribution in [0, 0.1) is 29.1 Å². The summed E-state index contributed by atoms with van der Waals surface area (Å²) in [6, 6.07) is 4.22. The molecule has 7 rings (SSSR count). The van der Waals surface area contributed by atoms with E-state index in [9.17, 15) is 31.6 Å². The third-order valence-corrected chi connectivity index (χ3v) is 15.8. The largest absolute Gasteiger partial charge is 0.486 e. The lowest BCUT2D eigenvalue weighted by atomic mass is 9.79. The summed E-state index contributed by atoms with van der Waals surface area (Å²) < 4.78 is 80.4. The summed E-state index contributed by atoms with van der Waals surface area (Å²) >= 11 is 0. The zero-order valence-electron chi connectivity index (χ0n) is 35.3. The molecule has 7 atom stereocenters. The van der Waals surface area contributed by atoms with Crippen molar-refractivity contribution in [3.63, 3.8) is 0 Å². The first-order valence-corrected chi connectivity index (χ1v) is 22.7. The van der Waals surface area contributed by atoms with E-state index in [4.69, 9.17) is 18.9 Å². The van der Waals surface area contributed by atoms with Gasteiger partial charge in [0.1, 0.15) is 19.3 Å². The minimum absolute atomic E-state index is 0.0151. The molecular formula is C44H57F2N3O10S. The number of alkyl halides is 2. The highest BCUT2D eigenvalue weighted by Crippen LogP contribution is 2.58. The summed E-state index contributed by atoms with van der Waals surface area (Å²) in [7, 11) is -4.02. The van der Waals surface area contributed by atoms with Gasteiger partial charge in [-0.1, -0.05) is 32.4 Å². The number of nitrogens with one attached hydrogen (secondary N) is 1. The number of ketones is 1. The molecule has 1 aromatic heterocycles. The van der Waals surface area contributed by atoms with Crippen LogP contribution in [0.5, 0.6) is 17.4 Å². The molecule has 0 unspecified atom stereocenters. The van der Waals surface area contributed by atoms with Crippen molar-refractivity contribution < 1.29 is 55.3 Å². The van der Waals surface area contributed by atoms with Crippen molar-refractivity contribution in [3.05, 3.63) is 36.5 Å². The molecular weight excluding hydrogens is 801 g/mol. The number of aromatic nitrogens is 1. The van der Waals surface area contributed by atoms with E-state index in [2.05, 4.69) is 9.71 Å². The number of hydrogen-bond acceptors (Lipinski definition) is 11. The van der Waals surface area contributed by atoms with Crippen molar-refractivity contribution in [3.8, 4) is 17.4 Å². The van der Waals surface area contributed by atoms with Crippen LogP contribution in [0.2, 0.25) is 0 Å². The van der Waals surface area contributed by atoms with Crippen molar-refractivity contribution in [2.45, 2.75) is 134 Å². The molecule has 2 amide bonds. The van der Waals surface area contributed by atoms with Crippen LogP contribution >= 0.6 is 0 Å². The molecule has 60 heavy (non-hydrogen) atoms. The smallest absolute Gasteiger partial charge is 0.307 e. The predicted molar refractivity (Wildman–Crippen MR) is 217 cm³/mol. The third-order valence-electron chi connectivity index (χ3n) is 13.6. The summed E-state index contributed by atoms with van der Waals surface area (Å²) in [5, 5.41) is 1.32. The summed E-state index contributed by atoms with van der Waals surface area (Å²) in [5.41, 5.74) is -3.50. The van der Waals surface area contributed by atoms with Crippen molar-refractivity contribution in [1.29, 1.82) is 0 Å². The number of sulfonamides is 1. The van der Waals surface area contributed by atoms with Crippen molar-refractivity contribution in [2.24, 2.45) is 29.1 Å². The number of halogens is 2. The monoisotopic (exact) mass is 857 g/mol. The number of pyridine rings is 1. The average Bonchev–Trinajstić information content (AvgIpc) is 4.07. The van der Waals surface area contributed by atoms with Gasteiger partial charge < -0.3 is 23.8 Å². The second kappa shape index (κ2) is 16.2. The number of hydrogen-bond donors (Lipinski definition) is 1. The lowest BCUT2D eigenvalue weighted by Gasteiger charge is -2.35. The maximum Gasteiger partial charge on any atom is 0.307 e. The van der Waals surface area contributed by atoms with Gasteiger partial charge in [-0.3, -0.25) is 23.9 Å². The van der Waals surface area contributed by atoms with Crippen LogP contribution in [-0.4, -0.2) is 90.0 Å². The topological polar surface area (TPSA) is 168 Å². The van der Waals surface area contributed by atoms with E-state index < -0.39 is 85.7 Å². The van der Waals surface area contributed by atoms with Gasteiger partial charge in [-0.2, -0.15) is 0 Å². The van der Waals surface area contributed by atoms with Gasteiger partial charge in [0.25, 0.3) is 5.92 Å². The summed E-state index contributed by atoms with van der Waals surface area (Å²) in [6.07, 6.45) is 7.31. The minimum Gasteiger partial charge on any atom is -0.486 e. The number of fused-ring (bicyclic) bond motifs is 5. The van der Waals surface area contributed by atoms with E-state index in [1.54, 1.807) is 31.3 Å². The Morgan fingerprint density at radius 3 is 2.50 bits per heavy atom. The number of ether oxygens (including phenoxy) is 4. The Hall–Kier alpha value is -4.34. The molecule has 1 saturated heterocycles. The highest BCUT2D eigenvalue weighted by molar-refractivity contribution is 7.91. The SMILES string of the molecule is CC[C@@H]1C[C@H](C)CC/C=C\[C@@H]2C[C@@]2(C(=O)NS(=O)(=O)C2(C)CC2)CC(=O)[C@@H]2C[C@@H](Oc3nccc4c5c(ccc34)OCCO5)CN2C(=O)[C@H]1CC(=O)OC(C)(C)C(C)(F)F. The molecule has 3 aliphatic heterocycles. The Kier molecular flexibility index (Phi) is 11.8. The molecule has 0 radical (unpaired) electrons. The molecule has 2 saturated carbocycles. The van der Waals surface area contributed by atoms with Gasteiger partial charge in [-0.25, -0.2) is 22.2 Å². The van der Waals surface area contributed by atoms with Gasteiger partial charge in [0, 0.05) is 36.7 Å². The zero-order valence-corrected chi connectivity index (χ0v) is 36.1. The summed E-state index contributed by atoms with van der Waals surface area (Å²) in [6.45, 7) is 9.14. The maximum absolute atomic E-state index is 15.1. The second-order valence-corrected chi connectivity index (χ2v) is 20.7. The molecule has 1 aromatic carbocycles. The molecule has 3 fully saturated rings. The molecule has 5 aliphatic rings. The van der Waals surface area contributed by atoms with E-state index >= 15 is 4.79 Å². The van der Waals surface area contributed by atoms with E-state index in [1.807, 2.05) is 26.0 Å². The number of carbonyl (C=O) groups excluding carboxylic acids is 4. The predicted octanol–water partition coefficient (Wildman–Crippen LogP) is 6.70. The van der Waals surface area contributed by atoms with Crippen LogP contribution in [0.4, 0.5) is 8.78 Å². The Balaban J connectivity index is 1.24.